The Hall–Kier alpha value is -1.03. The van der Waals surface area contributed by atoms with Crippen LogP contribution in [0.15, 0.2) is 12.3 Å². The van der Waals surface area contributed by atoms with E-state index in [4.69, 9.17) is 5.73 Å². The average molecular weight is 116 g/mol. The van der Waals surface area contributed by atoms with Gasteiger partial charge in [-0.3, -0.25) is 4.79 Å². The number of hydrogen-bond acceptors (Lipinski definition) is 4. The molecule has 0 bridgehead atoms. The third-order valence-corrected chi connectivity index (χ3v) is 0.552. The van der Waals surface area contributed by atoms with Crippen molar-refractivity contribution in [2.45, 2.75) is 6.42 Å². The molecule has 0 amide bonds. The third kappa shape index (κ3) is 3.17. The molecule has 0 aromatic rings. The molecule has 0 aliphatic rings. The van der Waals surface area contributed by atoms with Crippen LogP contribution in [0.25, 0.3) is 0 Å². The minimum Gasteiger partial charge on any atom is -0.405 e. The van der Waals surface area contributed by atoms with Crippen LogP contribution in [0.3, 0.4) is 0 Å². The number of hydrogen-bond donors (Lipinski definition) is 2. The fourth-order valence-corrected chi connectivity index (χ4v) is 0.212. The molecule has 0 atom stereocenters. The smallest absolute Gasteiger partial charge is 0.328 e. The largest absolute Gasteiger partial charge is 0.405 e. The molecule has 0 saturated heterocycles. The minimum absolute atomic E-state index is 0.132. The lowest BCUT2D eigenvalue weighted by atomic mass is 10.4. The van der Waals surface area contributed by atoms with Crippen LogP contribution in [-0.4, -0.2) is 5.97 Å². The molecule has 0 heterocycles. The first-order chi connectivity index (χ1) is 3.81. The van der Waals surface area contributed by atoms with Gasteiger partial charge in [-0.15, -0.1) is 0 Å². The summed E-state index contributed by atoms with van der Waals surface area (Å²) in [5, 5.41) is 0. The van der Waals surface area contributed by atoms with Gasteiger partial charge in [0.2, 0.25) is 0 Å². The zero-order valence-electron chi connectivity index (χ0n) is 4.33. The first kappa shape index (κ1) is 6.97. The van der Waals surface area contributed by atoms with E-state index in [1.54, 1.807) is 0 Å². The lowest BCUT2D eigenvalue weighted by Gasteiger charge is -1.88. The van der Waals surface area contributed by atoms with E-state index >= 15 is 0 Å². The van der Waals surface area contributed by atoms with E-state index in [0.717, 1.165) is 0 Å². The molecule has 4 nitrogen and oxygen atoms in total. The molecule has 0 spiro atoms. The zero-order chi connectivity index (χ0) is 6.41. The molecule has 0 aromatic heterocycles. The zero-order valence-corrected chi connectivity index (χ0v) is 4.33. The molecule has 0 fully saturated rings. The maximum absolute atomic E-state index is 10.1. The number of carbonyl (C=O) groups excluding carboxylic acids is 1. The molecule has 4 N–H and O–H groups in total. The van der Waals surface area contributed by atoms with Crippen molar-refractivity contribution in [3.05, 3.63) is 12.3 Å². The summed E-state index contributed by atoms with van der Waals surface area (Å²) in [6.45, 7) is 0. The van der Waals surface area contributed by atoms with Crippen LogP contribution in [0, 0.1) is 0 Å². The van der Waals surface area contributed by atoms with Gasteiger partial charge >= 0.3 is 5.97 Å². The van der Waals surface area contributed by atoms with Gasteiger partial charge in [-0.05, 0) is 6.20 Å². The molecule has 0 unspecified atom stereocenters. The molecule has 0 rings (SSSR count). The first-order valence-corrected chi connectivity index (χ1v) is 2.07. The molecule has 4 heteroatoms. The Bertz CT molecular complexity index is 100. The Morgan fingerprint density at radius 1 is 1.75 bits per heavy atom. The minimum atomic E-state index is -0.494. The lowest BCUT2D eigenvalue weighted by Crippen LogP contribution is -2.08. The normalized spacial score (nSPS) is 9.62. The second kappa shape index (κ2) is 4.14. The van der Waals surface area contributed by atoms with Crippen molar-refractivity contribution >= 4 is 5.97 Å². The Morgan fingerprint density at radius 2 is 2.38 bits per heavy atom. The fraction of sp³-hybridized carbons (Fsp3) is 0.250. The summed E-state index contributed by atoms with van der Waals surface area (Å²) in [7, 11) is 0. The highest BCUT2D eigenvalue weighted by Crippen LogP contribution is 1.80. The van der Waals surface area contributed by atoms with Gasteiger partial charge in [0.15, 0.2) is 0 Å². The summed E-state index contributed by atoms with van der Waals surface area (Å²) >= 11 is 0. The molecule has 0 saturated carbocycles. The summed E-state index contributed by atoms with van der Waals surface area (Å²) in [5.74, 6) is 3.99. The van der Waals surface area contributed by atoms with Gasteiger partial charge in [0.25, 0.3) is 0 Å². The predicted molar refractivity (Wildman–Crippen MR) is 28.2 cm³/mol. The number of nitrogens with two attached hydrogens (primary N) is 2. The summed E-state index contributed by atoms with van der Waals surface area (Å²) < 4.78 is 0. The lowest BCUT2D eigenvalue weighted by molar-refractivity contribution is -0.143. The highest BCUT2D eigenvalue weighted by molar-refractivity contribution is 5.70. The monoisotopic (exact) mass is 116 g/mol. The van der Waals surface area contributed by atoms with Crippen LogP contribution in [0.2, 0.25) is 0 Å². The standard InChI is InChI=1S/C4H8N2O2/c5-3-1-2-4(7)8-6/h1,3H,2,5-6H2. The Balaban J connectivity index is 3.25. The van der Waals surface area contributed by atoms with Crippen molar-refractivity contribution in [3.8, 4) is 0 Å². The van der Waals surface area contributed by atoms with Crippen LogP contribution in [-0.2, 0) is 9.63 Å². The topological polar surface area (TPSA) is 78.3 Å². The van der Waals surface area contributed by atoms with Crippen LogP contribution < -0.4 is 11.6 Å². The maximum atomic E-state index is 10.1. The van der Waals surface area contributed by atoms with E-state index in [-0.39, 0.29) is 6.42 Å². The van der Waals surface area contributed by atoms with E-state index in [1.165, 1.54) is 12.3 Å². The van der Waals surface area contributed by atoms with Gasteiger partial charge in [-0.1, -0.05) is 6.08 Å². The molecule has 0 aliphatic heterocycles. The van der Waals surface area contributed by atoms with Crippen molar-refractivity contribution in [2.75, 3.05) is 0 Å². The van der Waals surface area contributed by atoms with Gasteiger partial charge < -0.3 is 10.6 Å². The number of carbonyl (C=O) groups is 1. The molecule has 46 valence electrons. The Labute approximate surface area is 47.1 Å². The molecular weight excluding hydrogens is 108 g/mol. The van der Waals surface area contributed by atoms with Crippen LogP contribution in [0.1, 0.15) is 6.42 Å². The van der Waals surface area contributed by atoms with Gasteiger partial charge in [0, 0.05) is 0 Å². The van der Waals surface area contributed by atoms with Gasteiger partial charge in [0.1, 0.15) is 0 Å². The Kier molecular flexibility index (Phi) is 3.60. The average Bonchev–Trinajstić information content (AvgIpc) is 1.83. The van der Waals surface area contributed by atoms with E-state index in [0.29, 0.717) is 0 Å². The molecule has 0 aliphatic carbocycles. The van der Waals surface area contributed by atoms with Crippen LogP contribution in [0.4, 0.5) is 0 Å². The molecule has 0 radical (unpaired) electrons. The molecular formula is C4H8N2O2. The van der Waals surface area contributed by atoms with Crippen LogP contribution in [0.5, 0.6) is 0 Å². The van der Waals surface area contributed by atoms with E-state index in [9.17, 15) is 4.79 Å². The van der Waals surface area contributed by atoms with E-state index in [2.05, 4.69) is 10.7 Å². The quantitative estimate of drug-likeness (QED) is 0.466. The highest BCUT2D eigenvalue weighted by Gasteiger charge is 1.92. The first-order valence-electron chi connectivity index (χ1n) is 2.07. The maximum Gasteiger partial charge on any atom is 0.328 e. The highest BCUT2D eigenvalue weighted by atomic mass is 16.7. The van der Waals surface area contributed by atoms with Crippen molar-refractivity contribution < 1.29 is 9.63 Å². The van der Waals surface area contributed by atoms with E-state index < -0.39 is 5.97 Å². The van der Waals surface area contributed by atoms with Crippen molar-refractivity contribution in [3.63, 3.8) is 0 Å². The Morgan fingerprint density at radius 3 is 2.75 bits per heavy atom. The third-order valence-electron chi connectivity index (χ3n) is 0.552. The van der Waals surface area contributed by atoms with E-state index in [1.807, 2.05) is 0 Å². The second-order valence-corrected chi connectivity index (χ2v) is 1.12. The number of rotatable bonds is 2. The van der Waals surface area contributed by atoms with Gasteiger partial charge in [0.05, 0.1) is 6.42 Å². The fourth-order valence-electron chi connectivity index (χ4n) is 0.212. The SMILES string of the molecule is NC=CCC(=O)ON. The summed E-state index contributed by atoms with van der Waals surface area (Å²) in [5.41, 5.74) is 4.90. The molecule has 8 heavy (non-hydrogen) atoms. The van der Waals surface area contributed by atoms with Crippen molar-refractivity contribution in [2.24, 2.45) is 11.6 Å². The summed E-state index contributed by atoms with van der Waals surface area (Å²) in [4.78, 5) is 13.9. The molecule has 0 aromatic carbocycles. The van der Waals surface area contributed by atoms with Gasteiger partial charge in [-0.25, -0.2) is 0 Å². The van der Waals surface area contributed by atoms with Crippen molar-refractivity contribution in [1.82, 2.24) is 0 Å². The summed E-state index contributed by atoms with van der Waals surface area (Å²) in [6, 6.07) is 0. The second-order valence-electron chi connectivity index (χ2n) is 1.12. The van der Waals surface area contributed by atoms with Crippen LogP contribution >= 0.6 is 0 Å². The predicted octanol–water partition coefficient (Wildman–Crippen LogP) is -0.734. The van der Waals surface area contributed by atoms with Gasteiger partial charge in [-0.2, -0.15) is 5.90 Å². The van der Waals surface area contributed by atoms with Crippen molar-refractivity contribution in [1.29, 1.82) is 0 Å². The summed E-state index contributed by atoms with van der Waals surface area (Å²) in [6.07, 6.45) is 2.85.